The topological polar surface area (TPSA) is 97.1 Å². The minimum Gasteiger partial charge on any atom is -0.356 e. The fourth-order valence-corrected chi connectivity index (χ4v) is 13.2. The van der Waals surface area contributed by atoms with Gasteiger partial charge >= 0.3 is 0 Å². The Balaban J connectivity index is 0.000000140. The Hall–Kier alpha value is -4.11. The van der Waals surface area contributed by atoms with Crippen LogP contribution in [0, 0.1) is 53.3 Å². The molecule has 1 atom stereocenters. The van der Waals surface area contributed by atoms with Crippen molar-refractivity contribution in [2.45, 2.75) is 96.1 Å². The molecule has 2 aromatic heterocycles. The molecule has 2 N–H and O–H groups in total. The van der Waals surface area contributed by atoms with Crippen molar-refractivity contribution < 1.29 is 9.59 Å². The Morgan fingerprint density at radius 3 is 1.57 bits per heavy atom. The highest BCUT2D eigenvalue weighted by molar-refractivity contribution is 6.33. The van der Waals surface area contributed by atoms with Gasteiger partial charge in [0.1, 0.15) is 16.5 Å². The number of nitrogens with one attached hydrogen (secondary N) is 2. The fourth-order valence-electron chi connectivity index (χ4n) is 13.0. The molecule has 3 heterocycles. The van der Waals surface area contributed by atoms with E-state index < -0.39 is 0 Å². The van der Waals surface area contributed by atoms with E-state index in [1.807, 2.05) is 53.2 Å². The molecule has 9 fully saturated rings. The van der Waals surface area contributed by atoms with Gasteiger partial charge in [0.15, 0.2) is 0 Å². The summed E-state index contributed by atoms with van der Waals surface area (Å²) in [5, 5.41) is 16.2. The summed E-state index contributed by atoms with van der Waals surface area (Å²) in [6.45, 7) is 4.28. The van der Waals surface area contributed by atoms with Gasteiger partial charge < -0.3 is 15.5 Å². The Morgan fingerprint density at radius 2 is 1.07 bits per heavy atom. The van der Waals surface area contributed by atoms with Gasteiger partial charge in [0.05, 0.1) is 29.3 Å². The Kier molecular flexibility index (Phi) is 9.71. The van der Waals surface area contributed by atoms with E-state index in [1.165, 1.54) is 70.6 Å². The van der Waals surface area contributed by atoms with Crippen molar-refractivity contribution in [2.24, 2.45) is 53.3 Å². The van der Waals surface area contributed by atoms with Crippen molar-refractivity contribution >= 4 is 29.2 Å². The lowest BCUT2D eigenvalue weighted by molar-refractivity contribution is -0.0119. The van der Waals surface area contributed by atoms with Crippen LogP contribution in [0.4, 0.5) is 5.82 Å². The van der Waals surface area contributed by atoms with Gasteiger partial charge in [-0.25, -0.2) is 9.36 Å². The molecule has 56 heavy (non-hydrogen) atoms. The van der Waals surface area contributed by atoms with Crippen molar-refractivity contribution in [1.82, 2.24) is 30.2 Å². The number of benzene rings is 2. The number of halogens is 1. The average molecular weight is 774 g/mol. The Labute approximate surface area is 335 Å². The summed E-state index contributed by atoms with van der Waals surface area (Å²) >= 11 is 6.46. The van der Waals surface area contributed by atoms with E-state index in [9.17, 15) is 9.59 Å². The number of para-hydroxylation sites is 2. The molecule has 8 saturated carbocycles. The van der Waals surface area contributed by atoms with E-state index in [0.717, 1.165) is 65.9 Å². The summed E-state index contributed by atoms with van der Waals surface area (Å²) in [6.07, 6.45) is 19.1. The van der Waals surface area contributed by atoms with Crippen molar-refractivity contribution in [3.8, 4) is 11.4 Å². The van der Waals surface area contributed by atoms with Gasteiger partial charge in [-0.3, -0.25) is 9.59 Å². The minimum atomic E-state index is -0.0790. The fraction of sp³-hybridized carbons (Fsp3) is 0.565. The number of aromatic nitrogens is 4. The van der Waals surface area contributed by atoms with Crippen molar-refractivity contribution in [3.05, 3.63) is 89.3 Å². The van der Waals surface area contributed by atoms with Gasteiger partial charge in [-0.15, -0.1) is 0 Å². The number of hydrogen-bond donors (Lipinski definition) is 2. The third-order valence-electron chi connectivity index (χ3n) is 15.0. The Morgan fingerprint density at radius 1 is 0.625 bits per heavy atom. The number of carbonyl (C=O) groups excluding carboxylic acids is 2. The van der Waals surface area contributed by atoms with E-state index in [-0.39, 0.29) is 11.8 Å². The molecule has 13 rings (SSSR count). The van der Waals surface area contributed by atoms with Crippen LogP contribution in [0.3, 0.4) is 0 Å². The third-order valence-corrected chi connectivity index (χ3v) is 15.3. The molecule has 1 saturated heterocycles. The molecule has 2 aromatic carbocycles. The molecule has 10 heteroatoms. The molecule has 2 amide bonds. The number of carbonyl (C=O) groups is 2. The zero-order chi connectivity index (χ0) is 37.9. The van der Waals surface area contributed by atoms with E-state index in [4.69, 9.17) is 16.7 Å². The second kappa shape index (κ2) is 15.0. The summed E-state index contributed by atoms with van der Waals surface area (Å²) in [5.41, 5.74) is 3.09. The van der Waals surface area contributed by atoms with Crippen LogP contribution in [0.25, 0.3) is 11.4 Å². The molecule has 1 unspecified atom stereocenters. The second-order valence-corrected chi connectivity index (χ2v) is 19.1. The molecule has 1 aliphatic heterocycles. The predicted octanol–water partition coefficient (Wildman–Crippen LogP) is 8.74. The van der Waals surface area contributed by atoms with Gasteiger partial charge in [0.25, 0.3) is 11.8 Å². The van der Waals surface area contributed by atoms with Crippen LogP contribution < -0.4 is 15.5 Å². The number of anilines is 1. The number of piperidine rings is 1. The molecular weight excluding hydrogens is 718 g/mol. The van der Waals surface area contributed by atoms with Gasteiger partial charge in [-0.05, 0) is 155 Å². The van der Waals surface area contributed by atoms with Crippen molar-refractivity contribution in [1.29, 1.82) is 0 Å². The van der Waals surface area contributed by atoms with Crippen LogP contribution in [-0.2, 0) is 0 Å². The summed E-state index contributed by atoms with van der Waals surface area (Å²) in [7, 11) is 0. The van der Waals surface area contributed by atoms with Crippen LogP contribution in [0.15, 0.2) is 73.1 Å². The van der Waals surface area contributed by atoms with E-state index in [1.54, 1.807) is 17.1 Å². The third kappa shape index (κ3) is 6.86. The first-order chi connectivity index (χ1) is 27.3. The van der Waals surface area contributed by atoms with Crippen LogP contribution in [0.5, 0.6) is 0 Å². The maximum Gasteiger partial charge on any atom is 0.256 e. The molecule has 294 valence electrons. The maximum absolute atomic E-state index is 13.6. The first-order valence-corrected chi connectivity index (χ1v) is 22.0. The van der Waals surface area contributed by atoms with Crippen molar-refractivity contribution in [2.75, 3.05) is 18.0 Å². The lowest BCUT2D eigenvalue weighted by Gasteiger charge is -2.54. The highest BCUT2D eigenvalue weighted by Crippen LogP contribution is 2.55. The SMILES string of the molecule is CC1CCCN(c2c(C(=O)NC3C4CC5CC(C4)CC3C5)cnn2-c2ccccc2)C1.O=C(NC1C2CC3CC(C2)CC1C3)c1cnn(-c2ccccc2)c1Cl. The molecule has 9 aliphatic rings. The van der Waals surface area contributed by atoms with Gasteiger partial charge in [-0.2, -0.15) is 10.2 Å². The molecule has 0 spiro atoms. The number of nitrogens with zero attached hydrogens (tertiary/aromatic N) is 5. The Bertz CT molecular complexity index is 1990. The number of amides is 2. The van der Waals surface area contributed by atoms with Crippen LogP contribution in [0.1, 0.15) is 105 Å². The van der Waals surface area contributed by atoms with E-state index in [2.05, 4.69) is 39.7 Å². The zero-order valence-corrected chi connectivity index (χ0v) is 33.4. The normalized spacial score (nSPS) is 33.5. The molecule has 8 bridgehead atoms. The first kappa shape index (κ1) is 36.2. The lowest BCUT2D eigenvalue weighted by Crippen LogP contribution is -2.55. The summed E-state index contributed by atoms with van der Waals surface area (Å²) in [4.78, 5) is 28.9. The largest absolute Gasteiger partial charge is 0.356 e. The van der Waals surface area contributed by atoms with Crippen LogP contribution in [-0.4, -0.2) is 56.5 Å². The molecule has 4 aromatic rings. The first-order valence-electron chi connectivity index (χ1n) is 21.6. The zero-order valence-electron chi connectivity index (χ0n) is 32.6. The van der Waals surface area contributed by atoms with Crippen molar-refractivity contribution in [3.63, 3.8) is 0 Å². The highest BCUT2D eigenvalue weighted by atomic mass is 35.5. The van der Waals surface area contributed by atoms with Gasteiger partial charge in [0.2, 0.25) is 0 Å². The summed E-state index contributed by atoms with van der Waals surface area (Å²) in [6, 6.07) is 20.6. The molecule has 0 radical (unpaired) electrons. The molecule has 9 nitrogen and oxygen atoms in total. The van der Waals surface area contributed by atoms with Gasteiger partial charge in [-0.1, -0.05) is 54.9 Å². The van der Waals surface area contributed by atoms with E-state index in [0.29, 0.717) is 52.4 Å². The molecule has 8 aliphatic carbocycles. The quantitative estimate of drug-likeness (QED) is 0.196. The van der Waals surface area contributed by atoms with Crippen LogP contribution >= 0.6 is 11.6 Å². The van der Waals surface area contributed by atoms with E-state index >= 15 is 0 Å². The van der Waals surface area contributed by atoms with Gasteiger partial charge in [0, 0.05) is 25.2 Å². The summed E-state index contributed by atoms with van der Waals surface area (Å²) < 4.78 is 3.59. The standard InChI is InChI=1S/C26H34N4O.C20H22ClN3O/c1-17-6-5-9-29(16-17)26-23(15-27-30(26)22-7-3-2-4-8-22)25(31)28-24-20-11-18-10-19(13-20)14-21(24)12-18;21-19-17(11-22-24(19)16-4-2-1-3-5-16)20(25)23-18-14-7-12-6-13(9-14)10-15(18)8-12/h2-4,7-8,15,17-21,24H,5-6,9-14,16H2,1H3,(H,28,31);1-5,11-15,18H,6-10H2,(H,23,25). The second-order valence-electron chi connectivity index (χ2n) is 18.8. The monoisotopic (exact) mass is 773 g/mol. The number of hydrogen-bond acceptors (Lipinski definition) is 5. The predicted molar refractivity (Wildman–Crippen MR) is 219 cm³/mol. The minimum absolute atomic E-state index is 0.0767. The smallest absolute Gasteiger partial charge is 0.256 e. The highest BCUT2D eigenvalue weighted by Gasteiger charge is 2.50. The average Bonchev–Trinajstić information content (AvgIpc) is 3.82. The number of rotatable bonds is 7. The van der Waals surface area contributed by atoms with Crippen LogP contribution in [0.2, 0.25) is 5.15 Å². The molecular formula is C46H56ClN7O2. The lowest BCUT2D eigenvalue weighted by atomic mass is 9.54. The maximum atomic E-state index is 13.6. The summed E-state index contributed by atoms with van der Waals surface area (Å²) in [5.74, 6) is 7.92.